The number of benzene rings is 1. The SMILES string of the molecule is CN(C)CCCN1C(=O)C(=O)/C(=C(\O)c2cccc([N+](=O)[O-])c2)C1c1ccncc1. The van der Waals surface area contributed by atoms with E-state index < -0.39 is 28.4 Å². The number of nitro benzene ring substituents is 1. The number of aliphatic hydroxyl groups is 1. The van der Waals surface area contributed by atoms with Crippen molar-refractivity contribution in [1.29, 1.82) is 0 Å². The van der Waals surface area contributed by atoms with E-state index in [4.69, 9.17) is 0 Å². The maximum Gasteiger partial charge on any atom is 0.295 e. The minimum Gasteiger partial charge on any atom is -0.507 e. The molecule has 2 aromatic rings. The molecule has 1 fully saturated rings. The van der Waals surface area contributed by atoms with Gasteiger partial charge in [-0.25, -0.2) is 0 Å². The number of pyridine rings is 1. The van der Waals surface area contributed by atoms with E-state index in [1.165, 1.54) is 29.2 Å². The van der Waals surface area contributed by atoms with Gasteiger partial charge in [-0.1, -0.05) is 12.1 Å². The zero-order valence-corrected chi connectivity index (χ0v) is 16.7. The molecule has 156 valence electrons. The maximum atomic E-state index is 12.9. The predicted octanol–water partition coefficient (Wildman–Crippen LogP) is 2.36. The van der Waals surface area contributed by atoms with Gasteiger partial charge in [0.25, 0.3) is 17.4 Å². The lowest BCUT2D eigenvalue weighted by atomic mass is 9.96. The lowest BCUT2D eigenvalue weighted by Crippen LogP contribution is -2.32. The van der Waals surface area contributed by atoms with Crippen molar-refractivity contribution in [3.8, 4) is 0 Å². The zero-order chi connectivity index (χ0) is 21.8. The summed E-state index contributed by atoms with van der Waals surface area (Å²) in [5.41, 5.74) is 0.423. The Bertz CT molecular complexity index is 1000. The lowest BCUT2D eigenvalue weighted by Gasteiger charge is -2.25. The molecule has 2 heterocycles. The van der Waals surface area contributed by atoms with Crippen LogP contribution in [0.15, 0.2) is 54.4 Å². The summed E-state index contributed by atoms with van der Waals surface area (Å²) in [6, 6.07) is 7.91. The first-order chi connectivity index (χ1) is 14.3. The summed E-state index contributed by atoms with van der Waals surface area (Å²) in [4.78, 5) is 43.5. The Morgan fingerprint density at radius 3 is 2.57 bits per heavy atom. The van der Waals surface area contributed by atoms with Gasteiger partial charge in [-0.3, -0.25) is 24.7 Å². The highest BCUT2D eigenvalue weighted by atomic mass is 16.6. The number of carbonyl (C=O) groups excluding carboxylic acids is 2. The number of aliphatic hydroxyl groups excluding tert-OH is 1. The Labute approximate surface area is 173 Å². The number of likely N-dealkylation sites (tertiary alicyclic amines) is 1. The molecule has 1 aliphatic heterocycles. The normalized spacial score (nSPS) is 18.2. The highest BCUT2D eigenvalue weighted by Crippen LogP contribution is 2.39. The van der Waals surface area contributed by atoms with Gasteiger partial charge in [-0.2, -0.15) is 0 Å². The number of amides is 1. The number of carbonyl (C=O) groups is 2. The van der Waals surface area contributed by atoms with E-state index in [1.807, 2.05) is 19.0 Å². The fourth-order valence-corrected chi connectivity index (χ4v) is 3.48. The van der Waals surface area contributed by atoms with Crippen LogP contribution >= 0.6 is 0 Å². The molecule has 0 radical (unpaired) electrons. The number of nitrogens with zero attached hydrogens (tertiary/aromatic N) is 4. The van der Waals surface area contributed by atoms with Gasteiger partial charge in [-0.15, -0.1) is 0 Å². The molecular weight excluding hydrogens is 388 g/mol. The summed E-state index contributed by atoms with van der Waals surface area (Å²) in [5, 5.41) is 22.0. The van der Waals surface area contributed by atoms with Gasteiger partial charge in [0, 0.05) is 36.6 Å². The molecule has 9 nitrogen and oxygen atoms in total. The molecule has 0 saturated carbocycles. The first-order valence-corrected chi connectivity index (χ1v) is 9.39. The van der Waals surface area contributed by atoms with Crippen LogP contribution in [0.1, 0.15) is 23.6 Å². The fraction of sp³-hybridized carbons (Fsp3) is 0.286. The van der Waals surface area contributed by atoms with Crippen molar-refractivity contribution in [2.45, 2.75) is 12.5 Å². The molecule has 1 amide bonds. The van der Waals surface area contributed by atoms with Crippen molar-refractivity contribution in [2.24, 2.45) is 0 Å². The summed E-state index contributed by atoms with van der Waals surface area (Å²) < 4.78 is 0. The van der Waals surface area contributed by atoms with Gasteiger partial charge < -0.3 is 14.9 Å². The third-order valence-corrected chi connectivity index (χ3v) is 4.90. The summed E-state index contributed by atoms with van der Waals surface area (Å²) in [7, 11) is 3.83. The van der Waals surface area contributed by atoms with E-state index in [-0.39, 0.29) is 16.8 Å². The van der Waals surface area contributed by atoms with Crippen LogP contribution in [0.3, 0.4) is 0 Å². The average Bonchev–Trinajstić information content (AvgIpc) is 2.98. The second-order valence-electron chi connectivity index (χ2n) is 7.24. The summed E-state index contributed by atoms with van der Waals surface area (Å²) in [5.74, 6) is -1.96. The minimum absolute atomic E-state index is 0.0865. The van der Waals surface area contributed by atoms with Crippen LogP contribution in [0.4, 0.5) is 5.69 Å². The third-order valence-electron chi connectivity index (χ3n) is 4.90. The van der Waals surface area contributed by atoms with Crippen LogP contribution in [-0.4, -0.2) is 63.7 Å². The van der Waals surface area contributed by atoms with Gasteiger partial charge in [0.15, 0.2) is 0 Å². The van der Waals surface area contributed by atoms with E-state index in [9.17, 15) is 24.8 Å². The van der Waals surface area contributed by atoms with Gasteiger partial charge in [-0.05, 0) is 44.8 Å². The van der Waals surface area contributed by atoms with Gasteiger partial charge in [0.2, 0.25) is 0 Å². The second-order valence-corrected chi connectivity index (χ2v) is 7.24. The van der Waals surface area contributed by atoms with Gasteiger partial charge in [0.1, 0.15) is 5.76 Å². The molecule has 0 spiro atoms. The maximum absolute atomic E-state index is 12.9. The number of hydrogen-bond donors (Lipinski definition) is 1. The molecule has 30 heavy (non-hydrogen) atoms. The molecule has 3 rings (SSSR count). The number of rotatable bonds is 7. The van der Waals surface area contributed by atoms with Crippen LogP contribution < -0.4 is 0 Å². The molecule has 1 aromatic carbocycles. The topological polar surface area (TPSA) is 117 Å². The number of aromatic nitrogens is 1. The van der Waals surface area contributed by atoms with E-state index in [2.05, 4.69) is 4.98 Å². The highest BCUT2D eigenvalue weighted by molar-refractivity contribution is 6.46. The van der Waals surface area contributed by atoms with Crippen LogP contribution in [0.25, 0.3) is 5.76 Å². The summed E-state index contributed by atoms with van der Waals surface area (Å²) >= 11 is 0. The van der Waals surface area contributed by atoms with E-state index in [1.54, 1.807) is 24.5 Å². The van der Waals surface area contributed by atoms with Gasteiger partial charge >= 0.3 is 0 Å². The molecule has 1 unspecified atom stereocenters. The Morgan fingerprint density at radius 2 is 1.93 bits per heavy atom. The number of hydrogen-bond acceptors (Lipinski definition) is 7. The molecule has 1 aliphatic rings. The predicted molar refractivity (Wildman–Crippen MR) is 110 cm³/mol. The smallest absolute Gasteiger partial charge is 0.295 e. The van der Waals surface area contributed by atoms with E-state index in [0.29, 0.717) is 18.5 Å². The summed E-state index contributed by atoms with van der Waals surface area (Å²) in [6.45, 7) is 1.04. The number of Topliss-reactive ketones (excluding diaryl/α,β-unsaturated/α-hetero) is 1. The van der Waals surface area contributed by atoms with Crippen molar-refractivity contribution < 1.29 is 19.6 Å². The number of non-ortho nitro benzene ring substituents is 1. The monoisotopic (exact) mass is 410 g/mol. The first-order valence-electron chi connectivity index (χ1n) is 9.39. The first kappa shape index (κ1) is 21.1. The zero-order valence-electron chi connectivity index (χ0n) is 16.7. The molecule has 9 heteroatoms. The molecular formula is C21H22N4O5. The molecule has 1 N–H and O–H groups in total. The van der Waals surface area contributed by atoms with Crippen LogP contribution in [0, 0.1) is 10.1 Å². The standard InChI is InChI=1S/C21H22N4O5/c1-23(2)11-4-12-24-18(14-7-9-22-10-8-14)17(20(27)21(24)28)19(26)15-5-3-6-16(13-15)25(29)30/h3,5-10,13,18,26H,4,11-12H2,1-2H3/b19-17-. The Morgan fingerprint density at radius 1 is 1.23 bits per heavy atom. The molecule has 1 atom stereocenters. The van der Waals surface area contributed by atoms with Crippen molar-refractivity contribution >= 4 is 23.1 Å². The molecule has 1 saturated heterocycles. The quantitative estimate of drug-likeness (QED) is 0.245. The fourth-order valence-electron chi connectivity index (χ4n) is 3.48. The van der Waals surface area contributed by atoms with Crippen LogP contribution in [-0.2, 0) is 9.59 Å². The highest BCUT2D eigenvalue weighted by Gasteiger charge is 2.45. The Balaban J connectivity index is 2.09. The van der Waals surface area contributed by atoms with E-state index >= 15 is 0 Å². The lowest BCUT2D eigenvalue weighted by molar-refractivity contribution is -0.384. The third kappa shape index (κ3) is 4.20. The van der Waals surface area contributed by atoms with Crippen molar-refractivity contribution in [3.05, 3.63) is 75.6 Å². The number of nitro groups is 1. The van der Waals surface area contributed by atoms with Crippen molar-refractivity contribution in [1.82, 2.24) is 14.8 Å². The van der Waals surface area contributed by atoms with Crippen molar-refractivity contribution in [3.63, 3.8) is 0 Å². The van der Waals surface area contributed by atoms with Crippen molar-refractivity contribution in [2.75, 3.05) is 27.2 Å². The molecule has 1 aromatic heterocycles. The van der Waals surface area contributed by atoms with Gasteiger partial charge in [0.05, 0.1) is 16.5 Å². The summed E-state index contributed by atoms with van der Waals surface area (Å²) in [6.07, 6.45) is 3.73. The molecule has 0 bridgehead atoms. The average molecular weight is 410 g/mol. The second kappa shape index (κ2) is 8.83. The number of ketones is 1. The largest absolute Gasteiger partial charge is 0.507 e. The minimum atomic E-state index is -0.814. The Hall–Kier alpha value is -3.59. The van der Waals surface area contributed by atoms with Crippen LogP contribution in [0.2, 0.25) is 0 Å². The van der Waals surface area contributed by atoms with E-state index in [0.717, 1.165) is 6.54 Å². The Kier molecular flexibility index (Phi) is 6.22. The molecule has 0 aliphatic carbocycles. The van der Waals surface area contributed by atoms with Crippen LogP contribution in [0.5, 0.6) is 0 Å².